The van der Waals surface area contributed by atoms with Crippen LogP contribution in [-0.2, 0) is 14.3 Å². The van der Waals surface area contributed by atoms with Gasteiger partial charge in [0.15, 0.2) is 0 Å². The highest BCUT2D eigenvalue weighted by molar-refractivity contribution is 5.98. The molecular formula is C19H32O3. The standard InChI is InChI=1S/C19H32O3/c1-22-19(21)17-15-13-11-9-7-5-3-2-4-6-8-10-12-14-16-18(17)20/h2-3,17H,4-16H2,1H3/b3-2+. The summed E-state index contributed by atoms with van der Waals surface area (Å²) in [7, 11) is 1.38. The Morgan fingerprint density at radius 2 is 1.45 bits per heavy atom. The van der Waals surface area contributed by atoms with Gasteiger partial charge in [-0.1, -0.05) is 50.7 Å². The second-order valence-corrected chi connectivity index (χ2v) is 6.31. The van der Waals surface area contributed by atoms with Gasteiger partial charge in [-0.25, -0.2) is 0 Å². The van der Waals surface area contributed by atoms with Crippen molar-refractivity contribution in [3.05, 3.63) is 12.2 Å². The van der Waals surface area contributed by atoms with Crippen molar-refractivity contribution < 1.29 is 14.3 Å². The lowest BCUT2D eigenvalue weighted by Crippen LogP contribution is -2.25. The number of ketones is 1. The van der Waals surface area contributed by atoms with Crippen molar-refractivity contribution >= 4 is 11.8 Å². The zero-order valence-electron chi connectivity index (χ0n) is 14.1. The molecule has 0 aliphatic heterocycles. The van der Waals surface area contributed by atoms with Gasteiger partial charge in [-0.15, -0.1) is 0 Å². The van der Waals surface area contributed by atoms with Crippen LogP contribution in [-0.4, -0.2) is 18.9 Å². The van der Waals surface area contributed by atoms with E-state index in [1.807, 2.05) is 0 Å². The van der Waals surface area contributed by atoms with Gasteiger partial charge < -0.3 is 4.74 Å². The number of hydrogen-bond acceptors (Lipinski definition) is 3. The number of esters is 1. The predicted molar refractivity (Wildman–Crippen MR) is 89.7 cm³/mol. The fourth-order valence-electron chi connectivity index (χ4n) is 3.02. The van der Waals surface area contributed by atoms with Gasteiger partial charge in [0.05, 0.1) is 7.11 Å². The predicted octanol–water partition coefficient (Wildman–Crippen LogP) is 4.99. The summed E-state index contributed by atoms with van der Waals surface area (Å²) in [5.74, 6) is -0.788. The van der Waals surface area contributed by atoms with Crippen LogP contribution < -0.4 is 0 Å². The molecule has 0 saturated carbocycles. The number of allylic oxidation sites excluding steroid dienone is 2. The summed E-state index contributed by atoms with van der Waals surface area (Å²) in [6, 6.07) is 0. The minimum absolute atomic E-state index is 0.0813. The number of methoxy groups -OCH3 is 1. The van der Waals surface area contributed by atoms with E-state index in [2.05, 4.69) is 12.2 Å². The summed E-state index contributed by atoms with van der Waals surface area (Å²) in [6.45, 7) is 0. The second-order valence-electron chi connectivity index (χ2n) is 6.31. The smallest absolute Gasteiger partial charge is 0.316 e. The Morgan fingerprint density at radius 1 is 0.909 bits per heavy atom. The van der Waals surface area contributed by atoms with Crippen LogP contribution in [0, 0.1) is 5.92 Å². The Balaban J connectivity index is 2.47. The molecule has 0 aromatic heterocycles. The number of rotatable bonds is 1. The zero-order valence-corrected chi connectivity index (χ0v) is 14.1. The Labute approximate surface area is 135 Å². The number of Topliss-reactive ketones (excluding diaryl/α,β-unsaturated/α-hetero) is 1. The van der Waals surface area contributed by atoms with Crippen LogP contribution in [0.2, 0.25) is 0 Å². The van der Waals surface area contributed by atoms with Crippen LogP contribution in [0.5, 0.6) is 0 Å². The first kappa shape index (κ1) is 18.9. The monoisotopic (exact) mass is 308 g/mol. The van der Waals surface area contributed by atoms with E-state index < -0.39 is 5.92 Å². The van der Waals surface area contributed by atoms with Crippen molar-refractivity contribution in [2.24, 2.45) is 5.92 Å². The molecular weight excluding hydrogens is 276 g/mol. The Hall–Kier alpha value is -1.12. The van der Waals surface area contributed by atoms with Gasteiger partial charge >= 0.3 is 5.97 Å². The third-order valence-corrected chi connectivity index (χ3v) is 4.45. The van der Waals surface area contributed by atoms with E-state index in [1.54, 1.807) is 0 Å². The molecule has 0 aromatic carbocycles. The highest BCUT2D eigenvalue weighted by Gasteiger charge is 2.26. The van der Waals surface area contributed by atoms with Gasteiger partial charge in [-0.05, 0) is 38.5 Å². The maximum Gasteiger partial charge on any atom is 0.316 e. The molecule has 1 aliphatic carbocycles. The molecule has 1 aliphatic rings. The summed E-state index contributed by atoms with van der Waals surface area (Å²) >= 11 is 0. The van der Waals surface area contributed by atoms with Crippen LogP contribution in [0.15, 0.2) is 12.2 Å². The van der Waals surface area contributed by atoms with Gasteiger partial charge in [0, 0.05) is 6.42 Å². The maximum atomic E-state index is 12.3. The van der Waals surface area contributed by atoms with Gasteiger partial charge in [0.25, 0.3) is 0 Å². The quantitative estimate of drug-likeness (QED) is 0.389. The fourth-order valence-corrected chi connectivity index (χ4v) is 3.02. The summed E-state index contributed by atoms with van der Waals surface area (Å²) in [5, 5.41) is 0. The third-order valence-electron chi connectivity index (χ3n) is 4.45. The van der Waals surface area contributed by atoms with E-state index in [9.17, 15) is 9.59 Å². The largest absolute Gasteiger partial charge is 0.468 e. The first-order chi connectivity index (χ1) is 10.8. The molecule has 0 amide bonds. The van der Waals surface area contributed by atoms with Gasteiger partial charge in [0.2, 0.25) is 0 Å². The van der Waals surface area contributed by atoms with Crippen LogP contribution in [0.4, 0.5) is 0 Å². The minimum atomic E-state index is -0.527. The van der Waals surface area contributed by atoms with Gasteiger partial charge in [0.1, 0.15) is 11.7 Å². The average molecular weight is 308 g/mol. The summed E-state index contributed by atoms with van der Waals surface area (Å²) in [6.07, 6.45) is 18.2. The molecule has 0 radical (unpaired) electrons. The van der Waals surface area contributed by atoms with Crippen molar-refractivity contribution in [3.63, 3.8) is 0 Å². The maximum absolute atomic E-state index is 12.3. The molecule has 0 bridgehead atoms. The highest BCUT2D eigenvalue weighted by Crippen LogP contribution is 2.18. The Bertz CT molecular complexity index is 347. The molecule has 0 saturated heterocycles. The summed E-state index contributed by atoms with van der Waals surface area (Å²) in [4.78, 5) is 24.1. The lowest BCUT2D eigenvalue weighted by molar-refractivity contribution is -0.149. The molecule has 0 spiro atoms. The summed E-state index contributed by atoms with van der Waals surface area (Å²) in [5.41, 5.74) is 0. The molecule has 22 heavy (non-hydrogen) atoms. The molecule has 0 aromatic rings. The topological polar surface area (TPSA) is 43.4 Å². The van der Waals surface area contributed by atoms with Crippen molar-refractivity contribution in [2.45, 2.75) is 83.5 Å². The molecule has 0 heterocycles. The highest BCUT2D eigenvalue weighted by atomic mass is 16.5. The first-order valence-electron chi connectivity index (χ1n) is 9.01. The first-order valence-corrected chi connectivity index (χ1v) is 9.01. The normalized spacial score (nSPS) is 25.1. The molecule has 1 rings (SSSR count). The SMILES string of the molecule is COC(=O)C1CCCCCC/C=C/CCCCCCCC1=O. The second kappa shape index (κ2) is 12.4. The van der Waals surface area contributed by atoms with Crippen LogP contribution in [0.25, 0.3) is 0 Å². The molecule has 3 nitrogen and oxygen atoms in total. The van der Waals surface area contributed by atoms with E-state index in [-0.39, 0.29) is 11.8 Å². The molecule has 126 valence electrons. The number of carbonyl (C=O) groups is 2. The van der Waals surface area contributed by atoms with Crippen molar-refractivity contribution in [2.75, 3.05) is 7.11 Å². The minimum Gasteiger partial charge on any atom is -0.468 e. The number of hydrogen-bond donors (Lipinski definition) is 0. The molecule has 1 atom stereocenters. The molecule has 1 unspecified atom stereocenters. The summed E-state index contributed by atoms with van der Waals surface area (Å²) < 4.78 is 4.81. The molecule has 3 heteroatoms. The third kappa shape index (κ3) is 8.35. The van der Waals surface area contributed by atoms with E-state index in [0.29, 0.717) is 12.8 Å². The average Bonchev–Trinajstić information content (AvgIpc) is 2.53. The van der Waals surface area contributed by atoms with E-state index in [0.717, 1.165) is 32.1 Å². The Kier molecular flexibility index (Phi) is 10.7. The van der Waals surface area contributed by atoms with Crippen LogP contribution in [0.1, 0.15) is 83.5 Å². The molecule has 0 fully saturated rings. The van der Waals surface area contributed by atoms with Crippen LogP contribution >= 0.6 is 0 Å². The van der Waals surface area contributed by atoms with Crippen molar-refractivity contribution in [1.29, 1.82) is 0 Å². The number of ether oxygens (including phenoxy) is 1. The lowest BCUT2D eigenvalue weighted by atomic mass is 9.93. The molecule has 0 N–H and O–H groups in total. The zero-order chi connectivity index (χ0) is 16.0. The number of carbonyl (C=O) groups excluding carboxylic acids is 2. The lowest BCUT2D eigenvalue weighted by Gasteiger charge is -2.13. The van der Waals surface area contributed by atoms with Crippen LogP contribution in [0.3, 0.4) is 0 Å². The van der Waals surface area contributed by atoms with E-state index in [4.69, 9.17) is 4.74 Å². The van der Waals surface area contributed by atoms with Gasteiger partial charge in [-0.2, -0.15) is 0 Å². The van der Waals surface area contributed by atoms with E-state index >= 15 is 0 Å². The Morgan fingerprint density at radius 3 is 2.09 bits per heavy atom. The van der Waals surface area contributed by atoms with E-state index in [1.165, 1.54) is 45.6 Å². The van der Waals surface area contributed by atoms with Crippen molar-refractivity contribution in [1.82, 2.24) is 0 Å². The fraction of sp³-hybridized carbons (Fsp3) is 0.789. The van der Waals surface area contributed by atoms with Gasteiger partial charge in [-0.3, -0.25) is 9.59 Å². The van der Waals surface area contributed by atoms with Crippen molar-refractivity contribution in [3.8, 4) is 0 Å².